The quantitative estimate of drug-likeness (QED) is 0.729. The summed E-state index contributed by atoms with van der Waals surface area (Å²) in [6.45, 7) is 5.50. The molecule has 0 bridgehead atoms. The van der Waals surface area contributed by atoms with Gasteiger partial charge in [0.25, 0.3) is 0 Å². The van der Waals surface area contributed by atoms with Crippen molar-refractivity contribution in [1.29, 1.82) is 0 Å². The molecule has 1 aromatic carbocycles. The SMILES string of the molecule is CC1(C)CNc2ccc(C(F)(F)F)cc2NC1. The number of rotatable bonds is 0. The van der Waals surface area contributed by atoms with Gasteiger partial charge in [-0.15, -0.1) is 0 Å². The average molecular weight is 244 g/mol. The maximum Gasteiger partial charge on any atom is 0.416 e. The molecule has 2 nitrogen and oxygen atoms in total. The van der Waals surface area contributed by atoms with Gasteiger partial charge in [0.1, 0.15) is 0 Å². The van der Waals surface area contributed by atoms with E-state index in [-0.39, 0.29) is 5.41 Å². The van der Waals surface area contributed by atoms with Gasteiger partial charge in [-0.3, -0.25) is 0 Å². The Morgan fingerprint density at radius 1 is 1.06 bits per heavy atom. The summed E-state index contributed by atoms with van der Waals surface area (Å²) in [5.74, 6) is 0. The van der Waals surface area contributed by atoms with E-state index in [1.165, 1.54) is 6.07 Å². The highest BCUT2D eigenvalue weighted by Gasteiger charge is 2.31. The van der Waals surface area contributed by atoms with Crippen LogP contribution in [0.15, 0.2) is 18.2 Å². The van der Waals surface area contributed by atoms with Crippen molar-refractivity contribution in [3.63, 3.8) is 0 Å². The molecular weight excluding hydrogens is 229 g/mol. The van der Waals surface area contributed by atoms with Crippen molar-refractivity contribution in [3.05, 3.63) is 23.8 Å². The molecule has 2 rings (SSSR count). The summed E-state index contributed by atoms with van der Waals surface area (Å²) in [5.41, 5.74) is 0.636. The minimum absolute atomic E-state index is 0.0113. The first-order valence-corrected chi connectivity index (χ1v) is 5.47. The van der Waals surface area contributed by atoms with Crippen molar-refractivity contribution in [1.82, 2.24) is 0 Å². The number of benzene rings is 1. The summed E-state index contributed by atoms with van der Waals surface area (Å²) in [5, 5.41) is 6.23. The molecule has 1 aromatic rings. The van der Waals surface area contributed by atoms with Gasteiger partial charge >= 0.3 is 6.18 Å². The molecule has 1 aliphatic rings. The zero-order chi connectivity index (χ0) is 12.7. The molecule has 0 saturated heterocycles. The van der Waals surface area contributed by atoms with E-state index in [2.05, 4.69) is 24.5 Å². The first kappa shape index (κ1) is 12.1. The highest BCUT2D eigenvalue weighted by atomic mass is 19.4. The molecule has 94 valence electrons. The lowest BCUT2D eigenvalue weighted by Crippen LogP contribution is -2.27. The molecule has 0 aliphatic carbocycles. The Balaban J connectivity index is 2.32. The van der Waals surface area contributed by atoms with Gasteiger partial charge < -0.3 is 10.6 Å². The predicted octanol–water partition coefficient (Wildman–Crippen LogP) is 3.57. The largest absolute Gasteiger partial charge is 0.416 e. The zero-order valence-corrected chi connectivity index (χ0v) is 9.78. The number of fused-ring (bicyclic) bond motifs is 1. The van der Waals surface area contributed by atoms with E-state index in [0.29, 0.717) is 12.2 Å². The fourth-order valence-electron chi connectivity index (χ4n) is 1.75. The van der Waals surface area contributed by atoms with Crippen molar-refractivity contribution in [2.24, 2.45) is 5.41 Å². The Kier molecular flexibility index (Phi) is 2.72. The molecule has 5 heteroatoms. The number of hydrogen-bond donors (Lipinski definition) is 2. The number of hydrogen-bond acceptors (Lipinski definition) is 2. The Morgan fingerprint density at radius 2 is 1.65 bits per heavy atom. The summed E-state index contributed by atoms with van der Waals surface area (Å²) in [7, 11) is 0. The molecule has 0 saturated carbocycles. The van der Waals surface area contributed by atoms with Crippen LogP contribution >= 0.6 is 0 Å². The van der Waals surface area contributed by atoms with Gasteiger partial charge in [0, 0.05) is 13.1 Å². The number of anilines is 2. The van der Waals surface area contributed by atoms with Gasteiger partial charge in [0.2, 0.25) is 0 Å². The van der Waals surface area contributed by atoms with E-state index in [0.717, 1.165) is 24.4 Å². The molecule has 1 heterocycles. The Morgan fingerprint density at radius 3 is 2.24 bits per heavy atom. The minimum atomic E-state index is -4.29. The summed E-state index contributed by atoms with van der Waals surface area (Å²) < 4.78 is 37.7. The topological polar surface area (TPSA) is 24.1 Å². The van der Waals surface area contributed by atoms with Gasteiger partial charge in [0.05, 0.1) is 16.9 Å². The summed E-state index contributed by atoms with van der Waals surface area (Å²) in [6.07, 6.45) is -4.29. The van der Waals surface area contributed by atoms with E-state index in [1.807, 2.05) is 0 Å². The molecule has 2 N–H and O–H groups in total. The van der Waals surface area contributed by atoms with E-state index < -0.39 is 11.7 Å². The van der Waals surface area contributed by atoms with Crippen molar-refractivity contribution < 1.29 is 13.2 Å². The molecule has 0 unspecified atom stereocenters. The van der Waals surface area contributed by atoms with Crippen molar-refractivity contribution in [3.8, 4) is 0 Å². The van der Waals surface area contributed by atoms with Gasteiger partial charge in [-0.2, -0.15) is 13.2 Å². The fourth-order valence-corrected chi connectivity index (χ4v) is 1.75. The smallest absolute Gasteiger partial charge is 0.383 e. The second-order valence-electron chi connectivity index (χ2n) is 5.13. The highest BCUT2D eigenvalue weighted by molar-refractivity contribution is 5.71. The van der Waals surface area contributed by atoms with Crippen LogP contribution in [0.5, 0.6) is 0 Å². The number of nitrogens with one attached hydrogen (secondary N) is 2. The predicted molar refractivity (Wildman–Crippen MR) is 62.2 cm³/mol. The first-order chi connectivity index (χ1) is 7.78. The third kappa shape index (κ3) is 2.65. The summed E-state index contributed by atoms with van der Waals surface area (Å²) in [6, 6.07) is 3.74. The van der Waals surface area contributed by atoms with Crippen LogP contribution in [0.2, 0.25) is 0 Å². The third-order valence-electron chi connectivity index (χ3n) is 2.86. The number of alkyl halides is 3. The third-order valence-corrected chi connectivity index (χ3v) is 2.86. The molecule has 0 fully saturated rings. The van der Waals surface area contributed by atoms with Gasteiger partial charge in [-0.1, -0.05) is 13.8 Å². The number of halogens is 3. The van der Waals surface area contributed by atoms with Crippen LogP contribution < -0.4 is 10.6 Å². The molecule has 0 aromatic heterocycles. The van der Waals surface area contributed by atoms with E-state index in [9.17, 15) is 13.2 Å². The van der Waals surface area contributed by atoms with Crippen LogP contribution in [-0.2, 0) is 6.18 Å². The summed E-state index contributed by atoms with van der Waals surface area (Å²) >= 11 is 0. The lowest BCUT2D eigenvalue weighted by atomic mass is 9.94. The first-order valence-electron chi connectivity index (χ1n) is 5.47. The van der Waals surface area contributed by atoms with Crippen LogP contribution in [-0.4, -0.2) is 13.1 Å². The van der Waals surface area contributed by atoms with Crippen LogP contribution in [0.25, 0.3) is 0 Å². The second-order valence-corrected chi connectivity index (χ2v) is 5.13. The van der Waals surface area contributed by atoms with E-state index in [1.54, 1.807) is 0 Å². The van der Waals surface area contributed by atoms with E-state index in [4.69, 9.17) is 0 Å². The van der Waals surface area contributed by atoms with Crippen molar-refractivity contribution in [2.75, 3.05) is 23.7 Å². The molecule has 0 atom stereocenters. The Hall–Kier alpha value is -1.39. The monoisotopic (exact) mass is 244 g/mol. The Labute approximate surface area is 98.2 Å². The lowest BCUT2D eigenvalue weighted by molar-refractivity contribution is -0.137. The van der Waals surface area contributed by atoms with Crippen LogP contribution in [0.1, 0.15) is 19.4 Å². The zero-order valence-electron chi connectivity index (χ0n) is 9.78. The second kappa shape index (κ2) is 3.82. The van der Waals surface area contributed by atoms with Crippen LogP contribution in [0, 0.1) is 5.41 Å². The minimum Gasteiger partial charge on any atom is -0.383 e. The van der Waals surface area contributed by atoms with E-state index >= 15 is 0 Å². The Bertz CT molecular complexity index is 424. The molecule has 0 spiro atoms. The maximum atomic E-state index is 12.6. The van der Waals surface area contributed by atoms with Gasteiger partial charge in [0.15, 0.2) is 0 Å². The highest BCUT2D eigenvalue weighted by Crippen LogP contribution is 2.35. The molecule has 1 aliphatic heterocycles. The van der Waals surface area contributed by atoms with Crippen LogP contribution in [0.3, 0.4) is 0 Å². The molecule has 17 heavy (non-hydrogen) atoms. The maximum absolute atomic E-state index is 12.6. The lowest BCUT2D eigenvalue weighted by Gasteiger charge is -2.21. The molecule has 0 amide bonds. The normalized spacial score (nSPS) is 18.6. The molecular formula is C12H15F3N2. The fraction of sp³-hybridized carbons (Fsp3) is 0.500. The standard InChI is InChI=1S/C12H15F3N2/c1-11(2)6-16-9-4-3-8(12(13,14)15)5-10(9)17-7-11/h3-5,16-17H,6-7H2,1-2H3. The van der Waals surface area contributed by atoms with Crippen molar-refractivity contribution >= 4 is 11.4 Å². The van der Waals surface area contributed by atoms with Gasteiger partial charge in [-0.05, 0) is 23.6 Å². The van der Waals surface area contributed by atoms with Crippen LogP contribution in [0.4, 0.5) is 24.5 Å². The average Bonchev–Trinajstić information content (AvgIpc) is 2.36. The summed E-state index contributed by atoms with van der Waals surface area (Å²) in [4.78, 5) is 0. The molecule has 0 radical (unpaired) electrons. The van der Waals surface area contributed by atoms with Crippen molar-refractivity contribution in [2.45, 2.75) is 20.0 Å². The van der Waals surface area contributed by atoms with Gasteiger partial charge in [-0.25, -0.2) is 0 Å².